The molecular formula is C18H23N3O3. The molecule has 128 valence electrons. The Morgan fingerprint density at radius 1 is 1.38 bits per heavy atom. The first kappa shape index (κ1) is 16.7. The second kappa shape index (κ2) is 8.08. The first-order valence-corrected chi connectivity index (χ1v) is 8.30. The van der Waals surface area contributed by atoms with E-state index in [9.17, 15) is 4.79 Å². The molecule has 2 aromatic rings. The lowest BCUT2D eigenvalue weighted by Crippen LogP contribution is -2.45. The van der Waals surface area contributed by atoms with Crippen LogP contribution >= 0.6 is 0 Å². The lowest BCUT2D eigenvalue weighted by Gasteiger charge is -2.32. The Morgan fingerprint density at radius 2 is 2.21 bits per heavy atom. The molecule has 6 nitrogen and oxygen atoms in total. The summed E-state index contributed by atoms with van der Waals surface area (Å²) in [6.07, 6.45) is 2.12. The van der Waals surface area contributed by atoms with Gasteiger partial charge in [-0.3, -0.25) is 9.69 Å². The normalized spacial score (nSPS) is 18.5. The number of morpholine rings is 1. The number of carbonyl (C=O) groups is 1. The van der Waals surface area contributed by atoms with Crippen molar-refractivity contribution in [3.05, 3.63) is 47.7 Å². The van der Waals surface area contributed by atoms with Crippen LogP contribution in [0.2, 0.25) is 0 Å². The average molecular weight is 329 g/mol. The Labute approximate surface area is 141 Å². The second-order valence-corrected chi connectivity index (χ2v) is 6.12. The van der Waals surface area contributed by atoms with Crippen molar-refractivity contribution in [2.75, 3.05) is 31.6 Å². The number of rotatable bonds is 6. The molecule has 2 heterocycles. The van der Waals surface area contributed by atoms with Crippen molar-refractivity contribution in [1.82, 2.24) is 10.1 Å². The van der Waals surface area contributed by atoms with Crippen LogP contribution in [0.5, 0.6) is 0 Å². The minimum Gasteiger partial charge on any atom is -0.376 e. The number of anilines is 1. The van der Waals surface area contributed by atoms with Crippen LogP contribution in [-0.2, 0) is 16.0 Å². The van der Waals surface area contributed by atoms with Gasteiger partial charge in [-0.15, -0.1) is 0 Å². The summed E-state index contributed by atoms with van der Waals surface area (Å²) in [5.74, 6) is 1.07. The van der Waals surface area contributed by atoms with Crippen molar-refractivity contribution in [1.29, 1.82) is 0 Å². The van der Waals surface area contributed by atoms with Gasteiger partial charge in [0, 0.05) is 19.2 Å². The van der Waals surface area contributed by atoms with Crippen LogP contribution in [0.4, 0.5) is 5.82 Å². The standard InChI is InChI=1S/C18H23N3O3/c1-14-11-17(20-24-14)19-18(22)13-21-9-10-23-16(12-21)8-7-15-5-3-2-4-6-15/h2-6,11,16H,7-10,12-13H2,1H3,(H,19,20,22)/t16-/m0/s1. The molecule has 1 aliphatic heterocycles. The molecule has 24 heavy (non-hydrogen) atoms. The van der Waals surface area contributed by atoms with Gasteiger partial charge in [0.25, 0.3) is 0 Å². The SMILES string of the molecule is Cc1cc(NC(=O)CN2CCO[C@@H](CCc3ccccc3)C2)no1. The summed E-state index contributed by atoms with van der Waals surface area (Å²) in [4.78, 5) is 14.2. The highest BCUT2D eigenvalue weighted by Gasteiger charge is 2.22. The summed E-state index contributed by atoms with van der Waals surface area (Å²) in [5.41, 5.74) is 1.32. The van der Waals surface area contributed by atoms with E-state index in [4.69, 9.17) is 9.26 Å². The fourth-order valence-electron chi connectivity index (χ4n) is 2.88. The number of carbonyl (C=O) groups excluding carboxylic acids is 1. The van der Waals surface area contributed by atoms with Crippen molar-refractivity contribution in [3.63, 3.8) is 0 Å². The molecule has 0 saturated carbocycles. The first-order chi connectivity index (χ1) is 11.7. The monoisotopic (exact) mass is 329 g/mol. The largest absolute Gasteiger partial charge is 0.376 e. The zero-order valence-corrected chi connectivity index (χ0v) is 13.9. The molecule has 6 heteroatoms. The quantitative estimate of drug-likeness (QED) is 0.880. The third kappa shape index (κ3) is 4.91. The Bertz CT molecular complexity index is 657. The van der Waals surface area contributed by atoms with Crippen LogP contribution in [0.25, 0.3) is 0 Å². The number of ether oxygens (including phenoxy) is 1. The van der Waals surface area contributed by atoms with E-state index in [2.05, 4.69) is 39.6 Å². The second-order valence-electron chi connectivity index (χ2n) is 6.12. The molecule has 1 aromatic carbocycles. The number of amides is 1. The predicted molar refractivity (Wildman–Crippen MR) is 90.8 cm³/mol. The number of hydrogen-bond donors (Lipinski definition) is 1. The molecule has 3 rings (SSSR count). The van der Waals surface area contributed by atoms with E-state index in [-0.39, 0.29) is 12.0 Å². The maximum atomic E-state index is 12.1. The number of aromatic nitrogens is 1. The van der Waals surface area contributed by atoms with Gasteiger partial charge in [-0.1, -0.05) is 35.5 Å². The van der Waals surface area contributed by atoms with Crippen LogP contribution in [0.15, 0.2) is 40.9 Å². The van der Waals surface area contributed by atoms with Crippen molar-refractivity contribution in [2.45, 2.75) is 25.9 Å². The highest BCUT2D eigenvalue weighted by molar-refractivity contribution is 5.91. The molecule has 1 atom stereocenters. The molecule has 0 aliphatic carbocycles. The van der Waals surface area contributed by atoms with Crippen molar-refractivity contribution >= 4 is 11.7 Å². The maximum absolute atomic E-state index is 12.1. The maximum Gasteiger partial charge on any atom is 0.239 e. The molecule has 0 radical (unpaired) electrons. The fraction of sp³-hybridized carbons (Fsp3) is 0.444. The molecular weight excluding hydrogens is 306 g/mol. The predicted octanol–water partition coefficient (Wildman–Crippen LogP) is 2.26. The highest BCUT2D eigenvalue weighted by atomic mass is 16.5. The lowest BCUT2D eigenvalue weighted by atomic mass is 10.1. The van der Waals surface area contributed by atoms with Gasteiger partial charge in [-0.2, -0.15) is 0 Å². The fourth-order valence-corrected chi connectivity index (χ4v) is 2.88. The highest BCUT2D eigenvalue weighted by Crippen LogP contribution is 2.13. The summed E-state index contributed by atoms with van der Waals surface area (Å²) < 4.78 is 10.8. The van der Waals surface area contributed by atoms with Gasteiger partial charge in [0.2, 0.25) is 5.91 Å². The van der Waals surface area contributed by atoms with E-state index in [0.29, 0.717) is 24.7 Å². The van der Waals surface area contributed by atoms with Crippen molar-refractivity contribution in [3.8, 4) is 0 Å². The smallest absolute Gasteiger partial charge is 0.239 e. The number of nitrogens with zero attached hydrogens (tertiary/aromatic N) is 2. The van der Waals surface area contributed by atoms with E-state index in [1.54, 1.807) is 13.0 Å². The number of nitrogens with one attached hydrogen (secondary N) is 1. The van der Waals surface area contributed by atoms with E-state index in [1.807, 2.05) is 6.07 Å². The molecule has 0 spiro atoms. The zero-order valence-electron chi connectivity index (χ0n) is 13.9. The molecule has 1 saturated heterocycles. The van der Waals surface area contributed by atoms with Gasteiger partial charge in [-0.05, 0) is 25.3 Å². The van der Waals surface area contributed by atoms with Gasteiger partial charge in [0.15, 0.2) is 5.82 Å². The molecule has 0 bridgehead atoms. The average Bonchev–Trinajstić information content (AvgIpc) is 2.99. The van der Waals surface area contributed by atoms with E-state index in [0.717, 1.165) is 25.9 Å². The number of aryl methyl sites for hydroxylation is 2. The summed E-state index contributed by atoms with van der Waals surface area (Å²) in [5, 5.41) is 6.53. The molecule has 1 N–H and O–H groups in total. The lowest BCUT2D eigenvalue weighted by molar-refractivity contribution is -0.119. The molecule has 0 unspecified atom stereocenters. The van der Waals surface area contributed by atoms with E-state index in [1.165, 1.54) is 5.56 Å². The van der Waals surface area contributed by atoms with E-state index >= 15 is 0 Å². The minimum absolute atomic E-state index is 0.0768. The molecule has 1 amide bonds. The Morgan fingerprint density at radius 3 is 2.96 bits per heavy atom. The summed E-state index contributed by atoms with van der Waals surface area (Å²) in [6.45, 7) is 4.35. The summed E-state index contributed by atoms with van der Waals surface area (Å²) >= 11 is 0. The van der Waals surface area contributed by atoms with Crippen LogP contribution < -0.4 is 5.32 Å². The van der Waals surface area contributed by atoms with Crippen molar-refractivity contribution in [2.24, 2.45) is 0 Å². The Hall–Kier alpha value is -2.18. The summed E-state index contributed by atoms with van der Waals surface area (Å²) in [6, 6.07) is 12.1. The van der Waals surface area contributed by atoms with Gasteiger partial charge in [0.05, 0.1) is 19.3 Å². The number of hydrogen-bond acceptors (Lipinski definition) is 5. The third-order valence-corrected chi connectivity index (χ3v) is 4.08. The van der Waals surface area contributed by atoms with Gasteiger partial charge in [-0.25, -0.2) is 0 Å². The van der Waals surface area contributed by atoms with Crippen LogP contribution in [0.3, 0.4) is 0 Å². The number of benzene rings is 1. The van der Waals surface area contributed by atoms with Gasteiger partial charge in [0.1, 0.15) is 5.76 Å². The molecule has 1 aliphatic rings. The van der Waals surface area contributed by atoms with Crippen LogP contribution in [0, 0.1) is 6.92 Å². The minimum atomic E-state index is -0.0768. The third-order valence-electron chi connectivity index (χ3n) is 4.08. The molecule has 1 aromatic heterocycles. The Kier molecular flexibility index (Phi) is 5.61. The Balaban J connectivity index is 1.44. The molecule has 1 fully saturated rings. The topological polar surface area (TPSA) is 67.6 Å². The van der Waals surface area contributed by atoms with Gasteiger partial charge >= 0.3 is 0 Å². The zero-order chi connectivity index (χ0) is 16.8. The summed E-state index contributed by atoms with van der Waals surface area (Å²) in [7, 11) is 0. The first-order valence-electron chi connectivity index (χ1n) is 8.30. The van der Waals surface area contributed by atoms with Gasteiger partial charge < -0.3 is 14.6 Å². The van der Waals surface area contributed by atoms with Crippen LogP contribution in [-0.4, -0.2) is 48.3 Å². The van der Waals surface area contributed by atoms with Crippen LogP contribution in [0.1, 0.15) is 17.7 Å². The van der Waals surface area contributed by atoms with E-state index < -0.39 is 0 Å². The van der Waals surface area contributed by atoms with Crippen molar-refractivity contribution < 1.29 is 14.1 Å².